The van der Waals surface area contributed by atoms with Crippen molar-refractivity contribution in [2.45, 2.75) is 12.8 Å². The van der Waals surface area contributed by atoms with Gasteiger partial charge in [-0.25, -0.2) is 12.7 Å². The van der Waals surface area contributed by atoms with Crippen LogP contribution in [0.5, 0.6) is 0 Å². The van der Waals surface area contributed by atoms with Crippen LogP contribution in [0.1, 0.15) is 12.8 Å². The molecule has 1 aromatic carbocycles. The smallest absolute Gasteiger partial charge is 0.228 e. The first-order chi connectivity index (χ1) is 10.8. The van der Waals surface area contributed by atoms with E-state index in [1.165, 1.54) is 10.6 Å². The Balaban J connectivity index is 1.73. The summed E-state index contributed by atoms with van der Waals surface area (Å²) in [6.07, 6.45) is 4.59. The number of aryl methyl sites for hydroxylation is 1. The summed E-state index contributed by atoms with van der Waals surface area (Å²) < 4.78 is 26.7. The highest BCUT2D eigenvalue weighted by molar-refractivity contribution is 7.88. The third-order valence-electron chi connectivity index (χ3n) is 4.38. The second-order valence-corrected chi connectivity index (χ2v) is 8.13. The highest BCUT2D eigenvalue weighted by Gasteiger charge is 2.30. The molecule has 6 nitrogen and oxygen atoms in total. The predicted octanol–water partition coefficient (Wildman–Crippen LogP) is 1.79. The molecule has 1 aromatic heterocycles. The molecule has 1 saturated heterocycles. The standard InChI is InChI=1S/C16H21N3O3S/c1-18-9-7-12-5-6-14(10-15(12)18)17-16(20)13-4-3-8-19(11-13)23(2,21)22/h5-7,9-10,13H,3-4,8,11H2,1-2H3,(H,17,20). The number of fused-ring (bicyclic) bond motifs is 1. The van der Waals surface area contributed by atoms with Gasteiger partial charge in [-0.3, -0.25) is 4.79 Å². The van der Waals surface area contributed by atoms with E-state index in [0.29, 0.717) is 19.4 Å². The number of aromatic nitrogens is 1. The van der Waals surface area contributed by atoms with E-state index in [-0.39, 0.29) is 18.4 Å². The van der Waals surface area contributed by atoms with Crippen LogP contribution in [0.15, 0.2) is 30.5 Å². The van der Waals surface area contributed by atoms with Gasteiger partial charge in [0.05, 0.1) is 12.2 Å². The van der Waals surface area contributed by atoms with Gasteiger partial charge in [0.2, 0.25) is 15.9 Å². The first-order valence-corrected chi connectivity index (χ1v) is 9.50. The normalized spacial score (nSPS) is 19.8. The number of hydrogen-bond donors (Lipinski definition) is 1. The Labute approximate surface area is 136 Å². The van der Waals surface area contributed by atoms with E-state index >= 15 is 0 Å². The number of nitrogens with one attached hydrogen (secondary N) is 1. The highest BCUT2D eigenvalue weighted by Crippen LogP contribution is 2.23. The zero-order valence-electron chi connectivity index (χ0n) is 13.3. The summed E-state index contributed by atoms with van der Waals surface area (Å²) in [4.78, 5) is 12.5. The molecule has 124 valence electrons. The molecule has 7 heteroatoms. The maximum absolute atomic E-state index is 12.5. The maximum Gasteiger partial charge on any atom is 0.228 e. The van der Waals surface area contributed by atoms with Gasteiger partial charge < -0.3 is 9.88 Å². The van der Waals surface area contributed by atoms with Gasteiger partial charge in [0, 0.05) is 37.5 Å². The number of hydrogen-bond acceptors (Lipinski definition) is 3. The number of sulfonamides is 1. The molecule has 0 radical (unpaired) electrons. The summed E-state index contributed by atoms with van der Waals surface area (Å²) in [6.45, 7) is 0.759. The van der Waals surface area contributed by atoms with Crippen LogP contribution in [0.2, 0.25) is 0 Å². The average molecular weight is 335 g/mol. The lowest BCUT2D eigenvalue weighted by Crippen LogP contribution is -2.43. The summed E-state index contributed by atoms with van der Waals surface area (Å²) in [6, 6.07) is 7.79. The Hall–Kier alpha value is -1.86. The Morgan fingerprint density at radius 1 is 1.30 bits per heavy atom. The molecular formula is C16H21N3O3S. The van der Waals surface area contributed by atoms with E-state index in [1.54, 1.807) is 0 Å². The number of piperidine rings is 1. The SMILES string of the molecule is Cn1ccc2ccc(NC(=O)C3CCCN(S(C)(=O)=O)C3)cc21. The van der Waals surface area contributed by atoms with Crippen LogP contribution in [0, 0.1) is 5.92 Å². The molecule has 0 spiro atoms. The van der Waals surface area contributed by atoms with Gasteiger partial charge >= 0.3 is 0 Å². The zero-order chi connectivity index (χ0) is 16.6. The van der Waals surface area contributed by atoms with Crippen molar-refractivity contribution in [1.29, 1.82) is 0 Å². The molecule has 1 aliphatic heterocycles. The monoisotopic (exact) mass is 335 g/mol. The predicted molar refractivity (Wildman–Crippen MR) is 90.7 cm³/mol. The van der Waals surface area contributed by atoms with E-state index in [1.807, 2.05) is 42.1 Å². The third-order valence-corrected chi connectivity index (χ3v) is 5.65. The number of carbonyl (C=O) groups is 1. The van der Waals surface area contributed by atoms with Crippen molar-refractivity contribution in [3.63, 3.8) is 0 Å². The topological polar surface area (TPSA) is 71.4 Å². The van der Waals surface area contributed by atoms with Crippen molar-refractivity contribution in [2.75, 3.05) is 24.7 Å². The van der Waals surface area contributed by atoms with Crippen LogP contribution < -0.4 is 5.32 Å². The molecule has 1 unspecified atom stereocenters. The summed E-state index contributed by atoms with van der Waals surface area (Å²) in [5.74, 6) is -0.422. The van der Waals surface area contributed by atoms with E-state index in [4.69, 9.17) is 0 Å². The van der Waals surface area contributed by atoms with Crippen LogP contribution in [0.25, 0.3) is 10.9 Å². The Bertz CT molecular complexity index is 841. The molecule has 1 aliphatic rings. The Morgan fingerprint density at radius 2 is 2.09 bits per heavy atom. The minimum absolute atomic E-state index is 0.119. The van der Waals surface area contributed by atoms with Crippen LogP contribution in [0.3, 0.4) is 0 Å². The van der Waals surface area contributed by atoms with E-state index in [9.17, 15) is 13.2 Å². The van der Waals surface area contributed by atoms with Crippen molar-refractivity contribution in [3.8, 4) is 0 Å². The number of rotatable bonds is 3. The van der Waals surface area contributed by atoms with Gasteiger partial charge in [-0.2, -0.15) is 0 Å². The van der Waals surface area contributed by atoms with Gasteiger partial charge in [-0.05, 0) is 36.4 Å². The van der Waals surface area contributed by atoms with Crippen LogP contribution in [0.4, 0.5) is 5.69 Å². The first kappa shape index (κ1) is 16.0. The maximum atomic E-state index is 12.5. The molecule has 0 saturated carbocycles. The average Bonchev–Trinajstić information content (AvgIpc) is 2.88. The number of nitrogens with zero attached hydrogens (tertiary/aromatic N) is 2. The molecule has 2 aromatic rings. The molecule has 1 N–H and O–H groups in total. The summed E-state index contributed by atoms with van der Waals surface area (Å²) in [7, 11) is -1.28. The van der Waals surface area contributed by atoms with Gasteiger partial charge in [-0.1, -0.05) is 6.07 Å². The van der Waals surface area contributed by atoms with Gasteiger partial charge in [-0.15, -0.1) is 0 Å². The molecule has 1 atom stereocenters. The van der Waals surface area contributed by atoms with Crippen molar-refractivity contribution in [3.05, 3.63) is 30.5 Å². The fourth-order valence-electron chi connectivity index (χ4n) is 3.04. The lowest BCUT2D eigenvalue weighted by Gasteiger charge is -2.30. The number of amides is 1. The van der Waals surface area contributed by atoms with Crippen molar-refractivity contribution >= 4 is 32.5 Å². The summed E-state index contributed by atoms with van der Waals surface area (Å²) >= 11 is 0. The molecule has 1 amide bonds. The minimum Gasteiger partial charge on any atom is -0.350 e. The summed E-state index contributed by atoms with van der Waals surface area (Å²) in [5, 5.41) is 4.04. The van der Waals surface area contributed by atoms with Crippen LogP contribution >= 0.6 is 0 Å². The molecule has 0 aliphatic carbocycles. The van der Waals surface area contributed by atoms with Crippen molar-refractivity contribution < 1.29 is 13.2 Å². The number of benzene rings is 1. The minimum atomic E-state index is -3.24. The van der Waals surface area contributed by atoms with Gasteiger partial charge in [0.25, 0.3) is 0 Å². The van der Waals surface area contributed by atoms with E-state index in [0.717, 1.165) is 16.6 Å². The highest BCUT2D eigenvalue weighted by atomic mass is 32.2. The first-order valence-electron chi connectivity index (χ1n) is 7.65. The Morgan fingerprint density at radius 3 is 2.83 bits per heavy atom. The Kier molecular flexibility index (Phi) is 4.16. The van der Waals surface area contributed by atoms with E-state index < -0.39 is 10.0 Å². The lowest BCUT2D eigenvalue weighted by molar-refractivity contribution is -0.120. The van der Waals surface area contributed by atoms with Gasteiger partial charge in [0.1, 0.15) is 0 Å². The summed E-state index contributed by atoms with van der Waals surface area (Å²) in [5.41, 5.74) is 1.78. The lowest BCUT2D eigenvalue weighted by atomic mass is 9.98. The third kappa shape index (κ3) is 3.40. The molecular weight excluding hydrogens is 314 g/mol. The second-order valence-electron chi connectivity index (χ2n) is 6.15. The molecule has 1 fully saturated rings. The van der Waals surface area contributed by atoms with E-state index in [2.05, 4.69) is 5.32 Å². The van der Waals surface area contributed by atoms with Crippen LogP contribution in [-0.2, 0) is 21.9 Å². The molecule has 0 bridgehead atoms. The fourth-order valence-corrected chi connectivity index (χ4v) is 3.95. The quantitative estimate of drug-likeness (QED) is 0.929. The number of carbonyl (C=O) groups excluding carboxylic acids is 1. The number of anilines is 1. The van der Waals surface area contributed by atoms with Crippen molar-refractivity contribution in [1.82, 2.24) is 8.87 Å². The molecule has 23 heavy (non-hydrogen) atoms. The van der Waals surface area contributed by atoms with Gasteiger partial charge in [0.15, 0.2) is 0 Å². The zero-order valence-corrected chi connectivity index (χ0v) is 14.1. The van der Waals surface area contributed by atoms with Crippen LogP contribution in [-0.4, -0.2) is 42.5 Å². The largest absolute Gasteiger partial charge is 0.350 e. The fraction of sp³-hybridized carbons (Fsp3) is 0.438. The second kappa shape index (κ2) is 5.98. The molecule has 2 heterocycles. The van der Waals surface area contributed by atoms with Crippen molar-refractivity contribution in [2.24, 2.45) is 13.0 Å². The molecule has 3 rings (SSSR count).